The van der Waals surface area contributed by atoms with Gasteiger partial charge in [-0.15, -0.1) is 5.10 Å². The molecule has 0 aliphatic heterocycles. The summed E-state index contributed by atoms with van der Waals surface area (Å²) < 4.78 is 1.95. The molecule has 7 heteroatoms. The van der Waals surface area contributed by atoms with Crippen LogP contribution in [0.25, 0.3) is 5.69 Å². The Labute approximate surface area is 104 Å². The minimum atomic E-state index is -1.10. The summed E-state index contributed by atoms with van der Waals surface area (Å²) in [6, 6.07) is 5.00. The molecule has 0 atom stereocenters. The number of hydrogen-bond donors (Lipinski definition) is 1. The van der Waals surface area contributed by atoms with Gasteiger partial charge in [0.25, 0.3) is 0 Å². The van der Waals surface area contributed by atoms with Crippen molar-refractivity contribution < 1.29 is 9.90 Å². The highest BCUT2D eigenvalue weighted by Crippen LogP contribution is 2.22. The Morgan fingerprint density at radius 3 is 2.81 bits per heavy atom. The average Bonchev–Trinajstić information content (AvgIpc) is 2.63. The average molecular weight is 303 g/mol. The summed E-state index contributed by atoms with van der Waals surface area (Å²) in [5, 5.41) is 16.6. The van der Waals surface area contributed by atoms with Crippen LogP contribution in [0, 0.1) is 0 Å². The summed E-state index contributed by atoms with van der Waals surface area (Å²) in [7, 11) is 0. The molecule has 0 aliphatic rings. The van der Waals surface area contributed by atoms with Crippen LogP contribution in [0.15, 0.2) is 28.9 Å². The SMILES string of the molecule is O=C(O)c1cnnn1-c1cc(Cl)cc(Br)c1. The lowest BCUT2D eigenvalue weighted by Crippen LogP contribution is -2.07. The fourth-order valence-electron chi connectivity index (χ4n) is 1.23. The summed E-state index contributed by atoms with van der Waals surface area (Å²) in [6.45, 7) is 0. The molecule has 0 saturated heterocycles. The van der Waals surface area contributed by atoms with Gasteiger partial charge in [0, 0.05) is 9.50 Å². The molecule has 0 amide bonds. The van der Waals surface area contributed by atoms with E-state index in [1.165, 1.54) is 10.9 Å². The molecule has 1 aromatic carbocycles. The number of carboxylic acid groups (broad SMARTS) is 1. The van der Waals surface area contributed by atoms with Gasteiger partial charge in [0.1, 0.15) is 0 Å². The number of aromatic nitrogens is 3. The zero-order valence-electron chi connectivity index (χ0n) is 7.76. The molecule has 0 unspecified atom stereocenters. The molecule has 0 saturated carbocycles. The second-order valence-corrected chi connectivity index (χ2v) is 4.32. The van der Waals surface area contributed by atoms with Crippen molar-refractivity contribution in [2.24, 2.45) is 0 Å². The Hall–Kier alpha value is -1.40. The molecule has 0 aliphatic carbocycles. The highest BCUT2D eigenvalue weighted by molar-refractivity contribution is 9.10. The van der Waals surface area contributed by atoms with Crippen LogP contribution in [-0.4, -0.2) is 26.1 Å². The third-order valence-corrected chi connectivity index (χ3v) is 2.54. The zero-order chi connectivity index (χ0) is 11.7. The highest BCUT2D eigenvalue weighted by Gasteiger charge is 2.13. The third kappa shape index (κ3) is 2.07. The molecule has 0 spiro atoms. The Morgan fingerprint density at radius 2 is 2.19 bits per heavy atom. The number of halogens is 2. The normalized spacial score (nSPS) is 10.4. The summed E-state index contributed by atoms with van der Waals surface area (Å²) in [6.07, 6.45) is 1.18. The van der Waals surface area contributed by atoms with Crippen molar-refractivity contribution in [3.05, 3.63) is 39.6 Å². The molecule has 0 bridgehead atoms. The van der Waals surface area contributed by atoms with Crippen LogP contribution >= 0.6 is 27.5 Å². The largest absolute Gasteiger partial charge is 0.476 e. The lowest BCUT2D eigenvalue weighted by molar-refractivity contribution is 0.0687. The van der Waals surface area contributed by atoms with Crippen molar-refractivity contribution in [3.8, 4) is 5.69 Å². The molecule has 16 heavy (non-hydrogen) atoms. The van der Waals surface area contributed by atoms with E-state index in [1.54, 1.807) is 18.2 Å². The van der Waals surface area contributed by atoms with E-state index in [-0.39, 0.29) is 5.69 Å². The van der Waals surface area contributed by atoms with E-state index < -0.39 is 5.97 Å². The second-order valence-electron chi connectivity index (χ2n) is 2.96. The van der Waals surface area contributed by atoms with E-state index in [2.05, 4.69) is 26.2 Å². The number of carboxylic acids is 1. The molecule has 1 N–H and O–H groups in total. The summed E-state index contributed by atoms with van der Waals surface area (Å²) >= 11 is 9.13. The van der Waals surface area contributed by atoms with E-state index in [9.17, 15) is 4.79 Å². The quantitative estimate of drug-likeness (QED) is 0.925. The minimum Gasteiger partial charge on any atom is -0.476 e. The van der Waals surface area contributed by atoms with Crippen molar-refractivity contribution in [3.63, 3.8) is 0 Å². The maximum atomic E-state index is 10.9. The predicted octanol–water partition coefficient (Wildman–Crippen LogP) is 2.38. The number of carbonyl (C=O) groups is 1. The molecule has 1 heterocycles. The first kappa shape index (κ1) is 11.1. The van der Waals surface area contributed by atoms with Gasteiger partial charge in [0.2, 0.25) is 0 Å². The first-order valence-corrected chi connectivity index (χ1v) is 5.35. The predicted molar refractivity (Wildman–Crippen MR) is 61.0 cm³/mol. The zero-order valence-corrected chi connectivity index (χ0v) is 10.1. The number of aromatic carboxylic acids is 1. The Bertz CT molecular complexity index is 535. The van der Waals surface area contributed by atoms with Crippen molar-refractivity contribution in [2.75, 3.05) is 0 Å². The molecule has 2 rings (SSSR count). The molecule has 5 nitrogen and oxygen atoms in total. The fourth-order valence-corrected chi connectivity index (χ4v) is 2.08. The molecule has 0 fully saturated rings. The maximum Gasteiger partial charge on any atom is 0.356 e. The van der Waals surface area contributed by atoms with Crippen LogP contribution in [-0.2, 0) is 0 Å². The van der Waals surface area contributed by atoms with E-state index in [1.807, 2.05) is 0 Å². The van der Waals surface area contributed by atoms with Gasteiger partial charge in [0.05, 0.1) is 11.9 Å². The molecule has 2 aromatic rings. The van der Waals surface area contributed by atoms with E-state index in [0.29, 0.717) is 10.7 Å². The van der Waals surface area contributed by atoms with Crippen molar-refractivity contribution >= 4 is 33.5 Å². The second kappa shape index (κ2) is 4.23. The summed E-state index contributed by atoms with van der Waals surface area (Å²) in [5.74, 6) is -1.10. The van der Waals surface area contributed by atoms with E-state index in [4.69, 9.17) is 16.7 Å². The van der Waals surface area contributed by atoms with Gasteiger partial charge in [-0.3, -0.25) is 0 Å². The first-order valence-electron chi connectivity index (χ1n) is 4.18. The Kier molecular flexibility index (Phi) is 2.93. The maximum absolute atomic E-state index is 10.9. The van der Waals surface area contributed by atoms with E-state index in [0.717, 1.165) is 4.47 Å². The summed E-state index contributed by atoms with van der Waals surface area (Å²) in [4.78, 5) is 10.9. The van der Waals surface area contributed by atoms with E-state index >= 15 is 0 Å². The molecular weight excluding hydrogens is 297 g/mol. The standard InChI is InChI=1S/C9H5BrClN3O2/c10-5-1-6(11)3-7(2-5)14-8(9(15)16)4-12-13-14/h1-4H,(H,15,16). The van der Waals surface area contributed by atoms with Gasteiger partial charge >= 0.3 is 5.97 Å². The molecule has 0 radical (unpaired) electrons. The number of nitrogens with zero attached hydrogens (tertiary/aromatic N) is 3. The van der Waals surface area contributed by atoms with Crippen molar-refractivity contribution in [2.45, 2.75) is 0 Å². The van der Waals surface area contributed by atoms with Crippen LogP contribution in [0.1, 0.15) is 10.5 Å². The number of benzene rings is 1. The smallest absolute Gasteiger partial charge is 0.356 e. The minimum absolute atomic E-state index is 0.0193. The Balaban J connectivity index is 2.58. The van der Waals surface area contributed by atoms with Gasteiger partial charge in [-0.1, -0.05) is 32.7 Å². The molecule has 1 aromatic heterocycles. The monoisotopic (exact) mass is 301 g/mol. The fraction of sp³-hybridized carbons (Fsp3) is 0. The van der Waals surface area contributed by atoms with Crippen LogP contribution in [0.4, 0.5) is 0 Å². The Morgan fingerprint density at radius 1 is 1.44 bits per heavy atom. The summed E-state index contributed by atoms with van der Waals surface area (Å²) in [5.41, 5.74) is 0.517. The highest BCUT2D eigenvalue weighted by atomic mass is 79.9. The van der Waals surface area contributed by atoms with Gasteiger partial charge < -0.3 is 5.11 Å². The third-order valence-electron chi connectivity index (χ3n) is 1.86. The topological polar surface area (TPSA) is 68.0 Å². The lowest BCUT2D eigenvalue weighted by atomic mass is 10.3. The van der Waals surface area contributed by atoms with Crippen LogP contribution in [0.3, 0.4) is 0 Å². The molecule has 82 valence electrons. The van der Waals surface area contributed by atoms with Crippen LogP contribution in [0.5, 0.6) is 0 Å². The lowest BCUT2D eigenvalue weighted by Gasteiger charge is -2.04. The van der Waals surface area contributed by atoms with Gasteiger partial charge in [-0.2, -0.15) is 0 Å². The number of rotatable bonds is 2. The van der Waals surface area contributed by atoms with Gasteiger partial charge in [-0.05, 0) is 18.2 Å². The van der Waals surface area contributed by atoms with Crippen LogP contribution < -0.4 is 0 Å². The van der Waals surface area contributed by atoms with Crippen LogP contribution in [0.2, 0.25) is 5.02 Å². The van der Waals surface area contributed by atoms with Gasteiger partial charge in [0.15, 0.2) is 5.69 Å². The number of hydrogen-bond acceptors (Lipinski definition) is 3. The van der Waals surface area contributed by atoms with Gasteiger partial charge in [-0.25, -0.2) is 9.48 Å². The van der Waals surface area contributed by atoms with Crippen molar-refractivity contribution in [1.82, 2.24) is 15.0 Å². The van der Waals surface area contributed by atoms with Crippen molar-refractivity contribution in [1.29, 1.82) is 0 Å². The first-order chi connectivity index (χ1) is 7.58. The molecular formula is C9H5BrClN3O2.